The zero-order chi connectivity index (χ0) is 21.0. The number of anilines is 1. The number of aromatic nitrogens is 2. The number of sulfonamides is 1. The quantitative estimate of drug-likeness (QED) is 0.596. The Morgan fingerprint density at radius 3 is 2.40 bits per heavy atom. The summed E-state index contributed by atoms with van der Waals surface area (Å²) in [6, 6.07) is 14.0. The van der Waals surface area contributed by atoms with E-state index >= 15 is 0 Å². The van der Waals surface area contributed by atoms with Crippen molar-refractivity contribution in [3.8, 4) is 11.4 Å². The molecule has 1 aliphatic rings. The highest BCUT2D eigenvalue weighted by molar-refractivity contribution is 7.89. The van der Waals surface area contributed by atoms with Crippen LogP contribution in [0.3, 0.4) is 0 Å². The maximum absolute atomic E-state index is 12.9. The summed E-state index contributed by atoms with van der Waals surface area (Å²) in [7, 11) is -3.45. The van der Waals surface area contributed by atoms with Crippen molar-refractivity contribution in [1.82, 2.24) is 14.4 Å². The van der Waals surface area contributed by atoms with Crippen molar-refractivity contribution in [2.24, 2.45) is 0 Å². The molecule has 9 heteroatoms. The monoisotopic (exact) mass is 446 g/mol. The standard InChI is InChI=1S/C21H23ClN4O3S/c22-19-8-4-3-7-18(19)21-24-20(29-25-21)15-23-16-9-11-17(12-10-16)30(27,28)26-13-5-1-2-6-14-26/h3-4,7-12,23H,1-2,5-6,13-15H2. The summed E-state index contributed by atoms with van der Waals surface area (Å²) in [5.41, 5.74) is 1.47. The van der Waals surface area contributed by atoms with E-state index in [-0.39, 0.29) is 0 Å². The molecule has 7 nitrogen and oxygen atoms in total. The molecular formula is C21H23ClN4O3S. The first-order valence-corrected chi connectivity index (χ1v) is 11.8. The number of nitrogens with zero attached hydrogens (tertiary/aromatic N) is 3. The van der Waals surface area contributed by atoms with Crippen LogP contribution in [0.5, 0.6) is 0 Å². The third-order valence-corrected chi connectivity index (χ3v) is 7.33. The van der Waals surface area contributed by atoms with Crippen LogP contribution in [-0.4, -0.2) is 36.0 Å². The first-order valence-electron chi connectivity index (χ1n) is 9.95. The van der Waals surface area contributed by atoms with Crippen molar-refractivity contribution in [3.05, 3.63) is 59.4 Å². The lowest BCUT2D eigenvalue weighted by molar-refractivity contribution is 0.384. The van der Waals surface area contributed by atoms with E-state index in [9.17, 15) is 8.42 Å². The lowest BCUT2D eigenvalue weighted by atomic mass is 10.2. The molecule has 158 valence electrons. The number of hydrogen-bond donors (Lipinski definition) is 1. The Balaban J connectivity index is 1.40. The number of nitrogens with one attached hydrogen (secondary N) is 1. The highest BCUT2D eigenvalue weighted by atomic mass is 35.5. The molecule has 0 radical (unpaired) electrons. The van der Waals surface area contributed by atoms with Gasteiger partial charge in [0.25, 0.3) is 0 Å². The molecule has 2 heterocycles. The second-order valence-corrected chi connectivity index (χ2v) is 9.53. The van der Waals surface area contributed by atoms with Crippen molar-refractivity contribution < 1.29 is 12.9 Å². The minimum absolute atomic E-state index is 0.314. The van der Waals surface area contributed by atoms with Gasteiger partial charge in [-0.15, -0.1) is 0 Å². The lowest BCUT2D eigenvalue weighted by Gasteiger charge is -2.20. The van der Waals surface area contributed by atoms with E-state index in [1.807, 2.05) is 18.2 Å². The zero-order valence-electron chi connectivity index (χ0n) is 16.4. The number of hydrogen-bond acceptors (Lipinski definition) is 6. The Morgan fingerprint density at radius 1 is 1.00 bits per heavy atom. The normalized spacial score (nSPS) is 15.6. The summed E-state index contributed by atoms with van der Waals surface area (Å²) >= 11 is 6.17. The van der Waals surface area contributed by atoms with Crippen LogP contribution in [0.15, 0.2) is 57.9 Å². The van der Waals surface area contributed by atoms with Gasteiger partial charge in [-0.2, -0.15) is 9.29 Å². The zero-order valence-corrected chi connectivity index (χ0v) is 18.0. The van der Waals surface area contributed by atoms with Gasteiger partial charge in [-0.1, -0.05) is 41.7 Å². The summed E-state index contributed by atoms with van der Waals surface area (Å²) in [5, 5.41) is 7.70. The van der Waals surface area contributed by atoms with Gasteiger partial charge in [0.2, 0.25) is 21.7 Å². The van der Waals surface area contributed by atoms with Gasteiger partial charge in [-0.3, -0.25) is 0 Å². The van der Waals surface area contributed by atoms with Crippen molar-refractivity contribution in [2.75, 3.05) is 18.4 Å². The Bertz CT molecular complexity index is 1090. The summed E-state index contributed by atoms with van der Waals surface area (Å²) in [6.45, 7) is 1.50. The molecule has 0 amide bonds. The average molecular weight is 447 g/mol. The second-order valence-electron chi connectivity index (χ2n) is 7.19. The summed E-state index contributed by atoms with van der Waals surface area (Å²) < 4.78 is 32.6. The van der Waals surface area contributed by atoms with Crippen LogP contribution in [0.4, 0.5) is 5.69 Å². The first-order chi connectivity index (χ1) is 14.5. The molecule has 0 spiro atoms. The van der Waals surface area contributed by atoms with Gasteiger partial charge in [0.1, 0.15) is 0 Å². The third kappa shape index (κ3) is 4.66. The predicted molar refractivity (Wildman–Crippen MR) is 116 cm³/mol. The second kappa shape index (κ2) is 9.16. The summed E-state index contributed by atoms with van der Waals surface area (Å²) in [5.74, 6) is 0.836. The van der Waals surface area contributed by atoms with Gasteiger partial charge in [0.15, 0.2) is 0 Å². The molecule has 1 N–H and O–H groups in total. The van der Waals surface area contributed by atoms with Crippen LogP contribution < -0.4 is 5.32 Å². The molecule has 0 saturated carbocycles. The van der Waals surface area contributed by atoms with Crippen molar-refractivity contribution >= 4 is 27.3 Å². The molecule has 30 heavy (non-hydrogen) atoms. The molecule has 0 unspecified atom stereocenters. The van der Waals surface area contributed by atoms with Crippen molar-refractivity contribution in [2.45, 2.75) is 37.1 Å². The fourth-order valence-electron chi connectivity index (χ4n) is 3.43. The molecule has 0 aliphatic carbocycles. The van der Waals surface area contributed by atoms with Gasteiger partial charge >= 0.3 is 0 Å². The van der Waals surface area contributed by atoms with Crippen LogP contribution in [0.2, 0.25) is 5.02 Å². The molecule has 4 rings (SSSR count). The van der Waals surface area contributed by atoms with Crippen molar-refractivity contribution in [3.63, 3.8) is 0 Å². The third-order valence-electron chi connectivity index (χ3n) is 5.08. The van der Waals surface area contributed by atoms with Crippen LogP contribution in [0.25, 0.3) is 11.4 Å². The van der Waals surface area contributed by atoms with E-state index in [0.29, 0.717) is 46.8 Å². The molecular weight excluding hydrogens is 424 g/mol. The Hall–Kier alpha value is -2.42. The van der Waals surface area contributed by atoms with E-state index in [4.69, 9.17) is 16.1 Å². The van der Waals surface area contributed by atoms with E-state index in [1.54, 1.807) is 34.6 Å². The minimum Gasteiger partial charge on any atom is -0.376 e. The topological polar surface area (TPSA) is 88.3 Å². The van der Waals surface area contributed by atoms with Crippen molar-refractivity contribution in [1.29, 1.82) is 0 Å². The van der Waals surface area contributed by atoms with Gasteiger partial charge in [-0.25, -0.2) is 8.42 Å². The number of rotatable bonds is 6. The maximum Gasteiger partial charge on any atom is 0.246 e. The van der Waals surface area contributed by atoms with Crippen LogP contribution in [-0.2, 0) is 16.6 Å². The number of halogens is 1. The Kier molecular flexibility index (Phi) is 6.36. The Morgan fingerprint density at radius 2 is 1.70 bits per heavy atom. The summed E-state index contributed by atoms with van der Waals surface area (Å²) in [6.07, 6.45) is 4.00. The molecule has 1 aromatic heterocycles. The predicted octanol–water partition coefficient (Wildman–Crippen LogP) is 4.57. The van der Waals surface area contributed by atoms with Gasteiger partial charge < -0.3 is 9.84 Å². The van der Waals surface area contributed by atoms with Crippen LogP contribution in [0.1, 0.15) is 31.6 Å². The fourth-order valence-corrected chi connectivity index (χ4v) is 5.17. The van der Waals surface area contributed by atoms with Gasteiger partial charge in [0.05, 0.1) is 16.5 Å². The highest BCUT2D eigenvalue weighted by Gasteiger charge is 2.24. The lowest BCUT2D eigenvalue weighted by Crippen LogP contribution is -2.31. The molecule has 0 bridgehead atoms. The maximum atomic E-state index is 12.9. The highest BCUT2D eigenvalue weighted by Crippen LogP contribution is 2.25. The average Bonchev–Trinajstić information content (AvgIpc) is 3.04. The number of benzene rings is 2. The smallest absolute Gasteiger partial charge is 0.246 e. The first kappa shape index (κ1) is 20.8. The SMILES string of the molecule is O=S(=O)(c1ccc(NCc2nc(-c3ccccc3Cl)no2)cc1)N1CCCCCC1. The molecule has 1 aliphatic heterocycles. The molecule has 0 atom stereocenters. The van der Waals surface area contributed by atoms with E-state index in [0.717, 1.165) is 31.4 Å². The van der Waals surface area contributed by atoms with Crippen LogP contribution in [0, 0.1) is 0 Å². The fraction of sp³-hybridized carbons (Fsp3) is 0.333. The van der Waals surface area contributed by atoms with Gasteiger partial charge in [0, 0.05) is 24.3 Å². The molecule has 2 aromatic carbocycles. The summed E-state index contributed by atoms with van der Waals surface area (Å²) in [4.78, 5) is 4.67. The van der Waals surface area contributed by atoms with E-state index < -0.39 is 10.0 Å². The molecule has 1 fully saturated rings. The van der Waals surface area contributed by atoms with E-state index in [2.05, 4.69) is 15.5 Å². The molecule has 1 saturated heterocycles. The van der Waals surface area contributed by atoms with Gasteiger partial charge in [-0.05, 0) is 49.2 Å². The Labute approximate surface area is 181 Å². The van der Waals surface area contributed by atoms with E-state index in [1.165, 1.54) is 0 Å². The molecule has 3 aromatic rings. The van der Waals surface area contributed by atoms with Crippen LogP contribution >= 0.6 is 11.6 Å². The largest absolute Gasteiger partial charge is 0.376 e. The minimum atomic E-state index is -3.45.